The van der Waals surface area contributed by atoms with Crippen molar-refractivity contribution in [3.63, 3.8) is 0 Å². The van der Waals surface area contributed by atoms with Crippen molar-refractivity contribution in [1.29, 1.82) is 0 Å². The van der Waals surface area contributed by atoms with E-state index in [9.17, 15) is 9.18 Å². The van der Waals surface area contributed by atoms with Crippen LogP contribution in [-0.2, 0) is 0 Å². The zero-order valence-corrected chi connectivity index (χ0v) is 11.1. The van der Waals surface area contributed by atoms with Crippen LogP contribution in [0.1, 0.15) is 36.2 Å². The third-order valence-electron chi connectivity index (χ3n) is 3.36. The summed E-state index contributed by atoms with van der Waals surface area (Å²) < 4.78 is 13.3. The molecule has 1 aromatic rings. The molecule has 1 aliphatic rings. The summed E-state index contributed by atoms with van der Waals surface area (Å²) in [5, 5.41) is 2.71. The minimum atomic E-state index is -0.572. The first-order chi connectivity index (χ1) is 9.27. The number of rotatable bonds is 6. The van der Waals surface area contributed by atoms with Crippen molar-refractivity contribution in [2.75, 3.05) is 26.2 Å². The lowest BCUT2D eigenvalue weighted by Crippen LogP contribution is -2.27. The summed E-state index contributed by atoms with van der Waals surface area (Å²) in [6, 6.07) is 2.72. The highest BCUT2D eigenvalue weighted by Crippen LogP contribution is 2.08. The molecule has 1 aromatic heterocycles. The van der Waals surface area contributed by atoms with E-state index >= 15 is 0 Å². The number of hydrogen-bond acceptors (Lipinski definition) is 3. The Morgan fingerprint density at radius 2 is 2.16 bits per heavy atom. The largest absolute Gasteiger partial charge is 0.351 e. The molecule has 1 N–H and O–H groups in total. The summed E-state index contributed by atoms with van der Waals surface area (Å²) in [7, 11) is 0. The highest BCUT2D eigenvalue weighted by Gasteiger charge is 2.12. The Morgan fingerprint density at radius 1 is 1.37 bits per heavy atom. The number of carbonyl (C=O) groups is 1. The molecular formula is C14H20FN3O. The number of unbranched alkanes of at least 4 members (excludes halogenated alkanes) is 1. The fourth-order valence-corrected chi connectivity index (χ4v) is 2.31. The van der Waals surface area contributed by atoms with Crippen molar-refractivity contribution in [3.8, 4) is 0 Å². The van der Waals surface area contributed by atoms with Crippen LogP contribution in [0.2, 0.25) is 0 Å². The maximum atomic E-state index is 13.3. The van der Waals surface area contributed by atoms with Gasteiger partial charge in [0.25, 0.3) is 5.91 Å². The van der Waals surface area contributed by atoms with Gasteiger partial charge in [-0.25, -0.2) is 9.37 Å². The fourth-order valence-electron chi connectivity index (χ4n) is 2.31. The molecule has 1 aliphatic heterocycles. The summed E-state index contributed by atoms with van der Waals surface area (Å²) in [4.78, 5) is 17.9. The lowest BCUT2D eigenvalue weighted by molar-refractivity contribution is 0.0943. The van der Waals surface area contributed by atoms with Gasteiger partial charge in [-0.05, 0) is 57.5 Å². The van der Waals surface area contributed by atoms with Crippen LogP contribution in [0.4, 0.5) is 4.39 Å². The van der Waals surface area contributed by atoms with Crippen molar-refractivity contribution in [1.82, 2.24) is 15.2 Å². The number of amides is 1. The smallest absolute Gasteiger partial charge is 0.272 e. The predicted octanol–water partition coefficient (Wildman–Crippen LogP) is 1.83. The molecule has 19 heavy (non-hydrogen) atoms. The molecule has 1 saturated heterocycles. The molecule has 2 heterocycles. The van der Waals surface area contributed by atoms with Crippen LogP contribution in [0, 0.1) is 5.82 Å². The molecular weight excluding hydrogens is 245 g/mol. The third kappa shape index (κ3) is 4.28. The lowest BCUT2D eigenvalue weighted by atomic mass is 10.2. The molecule has 0 aromatic carbocycles. The van der Waals surface area contributed by atoms with Crippen molar-refractivity contribution >= 4 is 5.91 Å². The Bertz CT molecular complexity index is 419. The second-order valence-corrected chi connectivity index (χ2v) is 4.85. The van der Waals surface area contributed by atoms with Crippen LogP contribution >= 0.6 is 0 Å². The minimum Gasteiger partial charge on any atom is -0.351 e. The van der Waals surface area contributed by atoms with Crippen molar-refractivity contribution in [2.45, 2.75) is 25.7 Å². The molecule has 0 radical (unpaired) electrons. The second-order valence-electron chi connectivity index (χ2n) is 4.85. The number of likely N-dealkylation sites (tertiary alicyclic amines) is 1. The van der Waals surface area contributed by atoms with E-state index in [2.05, 4.69) is 15.2 Å². The van der Waals surface area contributed by atoms with Crippen LogP contribution in [-0.4, -0.2) is 42.0 Å². The maximum absolute atomic E-state index is 13.3. The van der Waals surface area contributed by atoms with Gasteiger partial charge in [-0.3, -0.25) is 4.79 Å². The molecule has 0 unspecified atom stereocenters. The van der Waals surface area contributed by atoms with E-state index in [1.165, 1.54) is 44.3 Å². The average Bonchev–Trinajstić information content (AvgIpc) is 2.92. The van der Waals surface area contributed by atoms with Gasteiger partial charge in [0.05, 0.1) is 0 Å². The Labute approximate surface area is 113 Å². The van der Waals surface area contributed by atoms with Gasteiger partial charge in [-0.1, -0.05) is 0 Å². The van der Waals surface area contributed by atoms with E-state index in [0.717, 1.165) is 19.4 Å². The van der Waals surface area contributed by atoms with Crippen LogP contribution in [0.15, 0.2) is 18.3 Å². The van der Waals surface area contributed by atoms with Gasteiger partial charge in [-0.15, -0.1) is 0 Å². The number of carbonyl (C=O) groups excluding carboxylic acids is 1. The summed E-state index contributed by atoms with van der Waals surface area (Å²) in [5.41, 5.74) is -0.123. The summed E-state index contributed by atoms with van der Waals surface area (Å²) in [5.74, 6) is -1.00. The Kier molecular flexibility index (Phi) is 5.27. The monoisotopic (exact) mass is 265 g/mol. The number of halogens is 1. The number of hydrogen-bond donors (Lipinski definition) is 1. The minimum absolute atomic E-state index is 0.123. The van der Waals surface area contributed by atoms with Gasteiger partial charge >= 0.3 is 0 Å². The molecule has 5 heteroatoms. The first-order valence-electron chi connectivity index (χ1n) is 6.88. The van der Waals surface area contributed by atoms with Crippen LogP contribution in [0.5, 0.6) is 0 Å². The normalized spacial score (nSPS) is 15.6. The van der Waals surface area contributed by atoms with Gasteiger partial charge in [0.1, 0.15) is 0 Å². The molecule has 1 amide bonds. The van der Waals surface area contributed by atoms with Crippen LogP contribution in [0.25, 0.3) is 0 Å². The Hall–Kier alpha value is -1.49. The molecule has 0 saturated carbocycles. The lowest BCUT2D eigenvalue weighted by Gasteiger charge is -2.13. The first-order valence-corrected chi connectivity index (χ1v) is 6.88. The molecule has 104 valence electrons. The summed E-state index contributed by atoms with van der Waals surface area (Å²) in [6.07, 6.45) is 6.00. The highest BCUT2D eigenvalue weighted by atomic mass is 19.1. The molecule has 2 rings (SSSR count). The standard InChI is InChI=1S/C14H20FN3O/c15-12-6-5-8-16-13(12)14(19)17-7-1-2-9-18-10-3-4-11-18/h5-6,8H,1-4,7,9-11H2,(H,17,19). The molecule has 4 nitrogen and oxygen atoms in total. The third-order valence-corrected chi connectivity index (χ3v) is 3.36. The number of aromatic nitrogens is 1. The summed E-state index contributed by atoms with van der Waals surface area (Å²) >= 11 is 0. The van der Waals surface area contributed by atoms with Gasteiger partial charge in [0, 0.05) is 12.7 Å². The van der Waals surface area contributed by atoms with E-state index < -0.39 is 11.7 Å². The molecule has 0 aliphatic carbocycles. The van der Waals surface area contributed by atoms with Crippen LogP contribution < -0.4 is 5.32 Å². The van der Waals surface area contributed by atoms with Crippen molar-refractivity contribution < 1.29 is 9.18 Å². The average molecular weight is 265 g/mol. The van der Waals surface area contributed by atoms with E-state index in [1.54, 1.807) is 0 Å². The van der Waals surface area contributed by atoms with E-state index in [-0.39, 0.29) is 5.69 Å². The first kappa shape index (κ1) is 13.9. The Balaban J connectivity index is 1.62. The van der Waals surface area contributed by atoms with Gasteiger partial charge in [-0.2, -0.15) is 0 Å². The highest BCUT2D eigenvalue weighted by molar-refractivity contribution is 5.92. The zero-order valence-electron chi connectivity index (χ0n) is 11.1. The topological polar surface area (TPSA) is 45.2 Å². The molecule has 1 fully saturated rings. The number of nitrogens with zero attached hydrogens (tertiary/aromatic N) is 2. The predicted molar refractivity (Wildman–Crippen MR) is 71.4 cm³/mol. The van der Waals surface area contributed by atoms with E-state index in [1.807, 2.05) is 0 Å². The molecule has 0 bridgehead atoms. The molecule has 0 spiro atoms. The zero-order chi connectivity index (χ0) is 13.5. The van der Waals surface area contributed by atoms with Crippen LogP contribution in [0.3, 0.4) is 0 Å². The maximum Gasteiger partial charge on any atom is 0.272 e. The fraction of sp³-hybridized carbons (Fsp3) is 0.571. The second kappa shape index (κ2) is 7.19. The van der Waals surface area contributed by atoms with E-state index in [4.69, 9.17) is 0 Å². The van der Waals surface area contributed by atoms with Gasteiger partial charge in [0.15, 0.2) is 11.5 Å². The summed E-state index contributed by atoms with van der Waals surface area (Å²) in [6.45, 7) is 4.06. The number of nitrogens with one attached hydrogen (secondary N) is 1. The number of pyridine rings is 1. The molecule has 0 atom stereocenters. The van der Waals surface area contributed by atoms with Gasteiger partial charge in [0.2, 0.25) is 0 Å². The SMILES string of the molecule is O=C(NCCCCN1CCCC1)c1ncccc1F. The van der Waals surface area contributed by atoms with E-state index in [0.29, 0.717) is 6.54 Å². The van der Waals surface area contributed by atoms with Crippen molar-refractivity contribution in [3.05, 3.63) is 29.8 Å². The van der Waals surface area contributed by atoms with Gasteiger partial charge < -0.3 is 10.2 Å². The van der Waals surface area contributed by atoms with Crippen molar-refractivity contribution in [2.24, 2.45) is 0 Å². The Morgan fingerprint density at radius 3 is 2.89 bits per heavy atom. The quantitative estimate of drug-likeness (QED) is 0.798.